The van der Waals surface area contributed by atoms with Gasteiger partial charge in [0.25, 0.3) is 0 Å². The minimum Gasteiger partial charge on any atom is -0.264 e. The number of halogens is 1. The highest BCUT2D eigenvalue weighted by Gasteiger charge is 2.21. The number of aromatic nitrogens is 2. The number of nitrogens with two attached hydrogens (primary N) is 1. The van der Waals surface area contributed by atoms with Gasteiger partial charge in [0.05, 0.1) is 17.9 Å². The van der Waals surface area contributed by atoms with Gasteiger partial charge >= 0.3 is 0 Å². The Morgan fingerprint density at radius 1 is 1.30 bits per heavy atom. The Labute approximate surface area is 117 Å². The maximum atomic E-state index is 13.1. The highest BCUT2D eigenvalue weighted by Crippen LogP contribution is 2.20. The fourth-order valence-electron chi connectivity index (χ4n) is 2.24. The zero-order chi connectivity index (χ0) is 15.1. The summed E-state index contributed by atoms with van der Waals surface area (Å²) in [5, 5.41) is 9.38. The number of nitrogens with zero attached hydrogens (tertiary/aromatic N) is 2. The van der Waals surface area contributed by atoms with Gasteiger partial charge in [-0.3, -0.25) is 4.68 Å². The van der Waals surface area contributed by atoms with E-state index in [0.29, 0.717) is 17.9 Å². The Kier molecular flexibility index (Phi) is 3.66. The molecule has 2 rings (SSSR count). The fourth-order valence-corrected chi connectivity index (χ4v) is 3.21. The molecule has 5 nitrogen and oxygen atoms in total. The second-order valence-corrected chi connectivity index (χ2v) is 6.27. The summed E-state index contributed by atoms with van der Waals surface area (Å²) < 4.78 is 37.7. The van der Waals surface area contributed by atoms with Crippen molar-refractivity contribution in [2.24, 2.45) is 5.14 Å². The Morgan fingerprint density at radius 2 is 1.95 bits per heavy atom. The topological polar surface area (TPSA) is 78.0 Å². The average molecular weight is 297 g/mol. The van der Waals surface area contributed by atoms with Crippen LogP contribution in [0.3, 0.4) is 0 Å². The zero-order valence-electron chi connectivity index (χ0n) is 11.5. The van der Waals surface area contributed by atoms with Crippen molar-refractivity contribution in [1.29, 1.82) is 0 Å². The highest BCUT2D eigenvalue weighted by atomic mass is 32.2. The van der Waals surface area contributed by atoms with Gasteiger partial charge in [-0.05, 0) is 44.0 Å². The number of aryl methyl sites for hydroxylation is 2. The number of sulfonamides is 1. The van der Waals surface area contributed by atoms with Crippen LogP contribution in [0, 0.1) is 26.6 Å². The molecule has 0 fully saturated rings. The predicted molar refractivity (Wildman–Crippen MR) is 73.3 cm³/mol. The van der Waals surface area contributed by atoms with Gasteiger partial charge in [-0.1, -0.05) is 6.07 Å². The van der Waals surface area contributed by atoms with Crippen molar-refractivity contribution in [1.82, 2.24) is 9.78 Å². The molecule has 108 valence electrons. The Morgan fingerprint density at radius 3 is 2.45 bits per heavy atom. The first-order chi connectivity index (χ1) is 9.20. The van der Waals surface area contributed by atoms with Crippen molar-refractivity contribution >= 4 is 10.0 Å². The van der Waals surface area contributed by atoms with Gasteiger partial charge < -0.3 is 0 Å². The Hall–Kier alpha value is -1.73. The molecular formula is C13H16FN3O2S. The van der Waals surface area contributed by atoms with Crippen LogP contribution in [0.4, 0.5) is 4.39 Å². The summed E-state index contributed by atoms with van der Waals surface area (Å²) in [5.74, 6) is -0.301. The van der Waals surface area contributed by atoms with Crippen LogP contribution in [-0.2, 0) is 16.6 Å². The summed E-state index contributed by atoms with van der Waals surface area (Å²) in [4.78, 5) is 0.0530. The molecule has 0 unspecified atom stereocenters. The molecule has 0 aliphatic heterocycles. The van der Waals surface area contributed by atoms with Crippen LogP contribution in [0.2, 0.25) is 0 Å². The number of primary sulfonamides is 1. The molecular weight excluding hydrogens is 281 g/mol. The molecule has 0 atom stereocenters. The SMILES string of the molecule is Cc1cc(F)ccc1Cn1nc(C)c(S(N)(=O)=O)c1C. The van der Waals surface area contributed by atoms with Gasteiger partial charge in [0, 0.05) is 0 Å². The van der Waals surface area contributed by atoms with E-state index in [9.17, 15) is 12.8 Å². The van der Waals surface area contributed by atoms with Gasteiger partial charge in [0.2, 0.25) is 10.0 Å². The Balaban J connectivity index is 2.46. The van der Waals surface area contributed by atoms with E-state index in [1.165, 1.54) is 12.1 Å². The first-order valence-electron chi connectivity index (χ1n) is 6.02. The largest absolute Gasteiger partial charge is 0.264 e. The molecule has 0 radical (unpaired) electrons. The summed E-state index contributed by atoms with van der Waals surface area (Å²) in [6.45, 7) is 5.42. The monoisotopic (exact) mass is 297 g/mol. The fraction of sp³-hybridized carbons (Fsp3) is 0.308. The summed E-state index contributed by atoms with van der Waals surface area (Å²) in [5.41, 5.74) is 2.51. The smallest absolute Gasteiger partial charge is 0.241 e. The molecule has 2 aromatic rings. The molecule has 7 heteroatoms. The van der Waals surface area contributed by atoms with Gasteiger partial charge in [-0.2, -0.15) is 5.10 Å². The summed E-state index contributed by atoms with van der Waals surface area (Å²) in [7, 11) is -3.80. The zero-order valence-corrected chi connectivity index (χ0v) is 12.3. The quantitative estimate of drug-likeness (QED) is 0.935. The van der Waals surface area contributed by atoms with Crippen molar-refractivity contribution in [2.75, 3.05) is 0 Å². The molecule has 20 heavy (non-hydrogen) atoms. The van der Waals surface area contributed by atoms with E-state index in [1.54, 1.807) is 31.5 Å². The third-order valence-electron chi connectivity index (χ3n) is 3.22. The second kappa shape index (κ2) is 4.99. The molecule has 0 amide bonds. The minimum absolute atomic E-state index is 0.0530. The summed E-state index contributed by atoms with van der Waals surface area (Å²) in [6, 6.07) is 4.47. The van der Waals surface area contributed by atoms with Crippen molar-refractivity contribution in [3.63, 3.8) is 0 Å². The van der Waals surface area contributed by atoms with Crippen molar-refractivity contribution in [2.45, 2.75) is 32.2 Å². The van der Waals surface area contributed by atoms with E-state index >= 15 is 0 Å². The maximum Gasteiger partial charge on any atom is 0.241 e. The van der Waals surface area contributed by atoms with E-state index in [4.69, 9.17) is 5.14 Å². The van der Waals surface area contributed by atoms with Gasteiger partial charge in [0.15, 0.2) is 0 Å². The third kappa shape index (κ3) is 2.73. The van der Waals surface area contributed by atoms with Crippen LogP contribution < -0.4 is 5.14 Å². The second-order valence-electron chi connectivity index (χ2n) is 4.77. The number of hydrogen-bond acceptors (Lipinski definition) is 3. The van der Waals surface area contributed by atoms with Crippen LogP contribution in [-0.4, -0.2) is 18.2 Å². The lowest BCUT2D eigenvalue weighted by atomic mass is 10.1. The summed E-state index contributed by atoms with van der Waals surface area (Å²) >= 11 is 0. The lowest BCUT2D eigenvalue weighted by Crippen LogP contribution is -2.14. The summed E-state index contributed by atoms with van der Waals surface area (Å²) in [6.07, 6.45) is 0. The van der Waals surface area contributed by atoms with E-state index in [0.717, 1.165) is 11.1 Å². The molecule has 1 aromatic carbocycles. The molecule has 0 spiro atoms. The molecule has 0 saturated carbocycles. The van der Waals surface area contributed by atoms with E-state index in [2.05, 4.69) is 5.10 Å². The molecule has 1 aromatic heterocycles. The minimum atomic E-state index is -3.80. The first-order valence-corrected chi connectivity index (χ1v) is 7.56. The van der Waals surface area contributed by atoms with Crippen molar-refractivity contribution in [3.8, 4) is 0 Å². The van der Waals surface area contributed by atoms with Crippen LogP contribution in [0.25, 0.3) is 0 Å². The Bertz CT molecular complexity index is 766. The van der Waals surface area contributed by atoms with Crippen LogP contribution >= 0.6 is 0 Å². The van der Waals surface area contributed by atoms with Crippen LogP contribution in [0.1, 0.15) is 22.5 Å². The lowest BCUT2D eigenvalue weighted by Gasteiger charge is -2.08. The number of rotatable bonds is 3. The predicted octanol–water partition coefficient (Wildman–Crippen LogP) is 1.64. The molecule has 0 aliphatic rings. The number of benzene rings is 1. The molecule has 1 heterocycles. The van der Waals surface area contributed by atoms with Crippen LogP contribution in [0.15, 0.2) is 23.1 Å². The lowest BCUT2D eigenvalue weighted by molar-refractivity contribution is 0.595. The van der Waals surface area contributed by atoms with E-state index < -0.39 is 10.0 Å². The third-order valence-corrected chi connectivity index (χ3v) is 4.38. The van der Waals surface area contributed by atoms with Gasteiger partial charge in [-0.25, -0.2) is 17.9 Å². The molecule has 0 bridgehead atoms. The van der Waals surface area contributed by atoms with Crippen LogP contribution in [0.5, 0.6) is 0 Å². The highest BCUT2D eigenvalue weighted by molar-refractivity contribution is 7.89. The average Bonchev–Trinajstić information content (AvgIpc) is 2.57. The number of hydrogen-bond donors (Lipinski definition) is 1. The first kappa shape index (κ1) is 14.7. The standard InChI is InChI=1S/C13H16FN3O2S/c1-8-6-12(14)5-4-11(8)7-17-10(3)13(9(2)16-17)20(15,18)19/h4-6H,7H2,1-3H3,(H2,15,18,19). The van der Waals surface area contributed by atoms with Gasteiger partial charge in [0.1, 0.15) is 10.7 Å². The molecule has 0 saturated heterocycles. The van der Waals surface area contributed by atoms with Crippen molar-refractivity contribution in [3.05, 3.63) is 46.5 Å². The molecule has 0 aliphatic carbocycles. The normalized spacial score (nSPS) is 11.8. The van der Waals surface area contributed by atoms with E-state index in [1.807, 2.05) is 0 Å². The van der Waals surface area contributed by atoms with Crippen molar-refractivity contribution < 1.29 is 12.8 Å². The van der Waals surface area contributed by atoms with Gasteiger partial charge in [-0.15, -0.1) is 0 Å². The molecule has 2 N–H and O–H groups in total. The van der Waals surface area contributed by atoms with E-state index in [-0.39, 0.29) is 10.7 Å². The maximum absolute atomic E-state index is 13.1.